The van der Waals surface area contributed by atoms with E-state index in [0.717, 1.165) is 0 Å². The van der Waals surface area contributed by atoms with Crippen LogP contribution in [0.4, 0.5) is 11.4 Å². The first-order valence-electron chi connectivity index (χ1n) is 8.64. The maximum absolute atomic E-state index is 12.6. The number of ether oxygens (including phenoxy) is 6. The molecule has 0 heterocycles. The van der Waals surface area contributed by atoms with Crippen LogP contribution in [0.5, 0.6) is 34.5 Å². The average molecular weight is 420 g/mol. The molecule has 2 amide bonds. The van der Waals surface area contributed by atoms with Crippen LogP contribution >= 0.6 is 0 Å². The zero-order valence-corrected chi connectivity index (χ0v) is 17.6. The van der Waals surface area contributed by atoms with E-state index >= 15 is 0 Å². The minimum absolute atomic E-state index is 0.176. The van der Waals surface area contributed by atoms with Gasteiger partial charge < -0.3 is 39.1 Å². The van der Waals surface area contributed by atoms with Gasteiger partial charge in [0.25, 0.3) is 0 Å². The van der Waals surface area contributed by atoms with Gasteiger partial charge in [-0.05, 0) is 0 Å². The van der Waals surface area contributed by atoms with Gasteiger partial charge in [0, 0.05) is 24.3 Å². The number of methoxy groups -OCH3 is 6. The summed E-state index contributed by atoms with van der Waals surface area (Å²) in [7, 11) is 8.62. The van der Waals surface area contributed by atoms with Gasteiger partial charge in [0.15, 0.2) is 0 Å². The Morgan fingerprint density at radius 2 is 0.800 bits per heavy atom. The SMILES string of the molecule is COc1cc(OC)c(NC(=O)C(=O)Nc2c(OC)cc(OC)cc2OC)c(OC)c1. The van der Waals surface area contributed by atoms with Crippen molar-refractivity contribution in [2.45, 2.75) is 0 Å². The van der Waals surface area contributed by atoms with Crippen molar-refractivity contribution in [3.8, 4) is 34.5 Å². The van der Waals surface area contributed by atoms with Gasteiger partial charge in [-0.15, -0.1) is 0 Å². The van der Waals surface area contributed by atoms with Crippen molar-refractivity contribution in [2.75, 3.05) is 53.3 Å². The number of nitrogens with one attached hydrogen (secondary N) is 2. The first-order chi connectivity index (χ1) is 14.4. The highest BCUT2D eigenvalue weighted by atomic mass is 16.5. The molecule has 0 bridgehead atoms. The second-order valence-corrected chi connectivity index (χ2v) is 5.72. The minimum atomic E-state index is -0.961. The van der Waals surface area contributed by atoms with Crippen molar-refractivity contribution >= 4 is 23.2 Å². The summed E-state index contributed by atoms with van der Waals surface area (Å²) in [6, 6.07) is 6.19. The number of anilines is 2. The lowest BCUT2D eigenvalue weighted by Gasteiger charge is -2.17. The van der Waals surface area contributed by atoms with Crippen molar-refractivity contribution in [1.82, 2.24) is 0 Å². The first kappa shape index (κ1) is 22.5. The molecule has 162 valence electrons. The number of rotatable bonds is 8. The van der Waals surface area contributed by atoms with Gasteiger partial charge in [-0.1, -0.05) is 0 Å². The zero-order chi connectivity index (χ0) is 22.3. The van der Waals surface area contributed by atoms with Crippen molar-refractivity contribution in [2.24, 2.45) is 0 Å². The molecule has 0 aromatic heterocycles. The van der Waals surface area contributed by atoms with Gasteiger partial charge in [-0.3, -0.25) is 9.59 Å². The Balaban J connectivity index is 2.31. The molecule has 2 rings (SSSR count). The predicted octanol–water partition coefficient (Wildman–Crippen LogP) is 2.32. The molecule has 0 saturated heterocycles. The number of carbonyl (C=O) groups is 2. The topological polar surface area (TPSA) is 114 Å². The van der Waals surface area contributed by atoms with Crippen LogP contribution in [0, 0.1) is 0 Å². The fraction of sp³-hybridized carbons (Fsp3) is 0.300. The Bertz CT molecular complexity index is 804. The summed E-state index contributed by atoms with van der Waals surface area (Å²) in [4.78, 5) is 25.1. The highest BCUT2D eigenvalue weighted by molar-refractivity contribution is 6.44. The highest BCUT2D eigenvalue weighted by Crippen LogP contribution is 2.40. The number of hydrogen-bond donors (Lipinski definition) is 2. The smallest absolute Gasteiger partial charge is 0.314 e. The molecule has 0 spiro atoms. The molecule has 0 aliphatic carbocycles. The van der Waals surface area contributed by atoms with E-state index in [1.165, 1.54) is 42.7 Å². The van der Waals surface area contributed by atoms with E-state index in [0.29, 0.717) is 11.5 Å². The Morgan fingerprint density at radius 1 is 0.533 bits per heavy atom. The molecular weight excluding hydrogens is 396 g/mol. The summed E-state index contributed by atoms with van der Waals surface area (Å²) in [5, 5.41) is 4.97. The van der Waals surface area contributed by atoms with Gasteiger partial charge in [0.05, 0.1) is 42.7 Å². The van der Waals surface area contributed by atoms with Crippen molar-refractivity contribution in [3.05, 3.63) is 24.3 Å². The Hall–Kier alpha value is -3.82. The normalized spacial score (nSPS) is 9.93. The zero-order valence-electron chi connectivity index (χ0n) is 17.6. The molecule has 10 heteroatoms. The van der Waals surface area contributed by atoms with Crippen LogP contribution in [0.1, 0.15) is 0 Å². The van der Waals surface area contributed by atoms with Gasteiger partial charge in [-0.25, -0.2) is 0 Å². The maximum Gasteiger partial charge on any atom is 0.314 e. The molecule has 0 aliphatic rings. The molecule has 2 N–H and O–H groups in total. The van der Waals surface area contributed by atoms with E-state index in [2.05, 4.69) is 10.6 Å². The largest absolute Gasteiger partial charge is 0.496 e. The Kier molecular flexibility index (Phi) is 7.56. The van der Waals surface area contributed by atoms with Crippen LogP contribution in [0.2, 0.25) is 0 Å². The third kappa shape index (κ3) is 4.77. The number of carbonyl (C=O) groups excluding carboxylic acids is 2. The molecule has 0 atom stereocenters. The van der Waals surface area contributed by atoms with Crippen LogP contribution in [0.25, 0.3) is 0 Å². The van der Waals surface area contributed by atoms with Crippen LogP contribution in [0.15, 0.2) is 24.3 Å². The fourth-order valence-corrected chi connectivity index (χ4v) is 2.60. The summed E-state index contributed by atoms with van der Waals surface area (Å²) in [6.45, 7) is 0. The first-order valence-corrected chi connectivity index (χ1v) is 8.64. The molecule has 0 unspecified atom stereocenters. The molecule has 2 aromatic carbocycles. The van der Waals surface area contributed by atoms with Gasteiger partial charge in [0.2, 0.25) is 0 Å². The monoisotopic (exact) mass is 420 g/mol. The third-order valence-corrected chi connectivity index (χ3v) is 4.11. The quantitative estimate of drug-likeness (QED) is 0.626. The van der Waals surface area contributed by atoms with Crippen LogP contribution < -0.4 is 39.1 Å². The molecule has 2 aromatic rings. The summed E-state index contributed by atoms with van der Waals surface area (Å²) in [5.74, 6) is 0.0175. The summed E-state index contributed by atoms with van der Waals surface area (Å²) in [6.07, 6.45) is 0. The molecule has 0 fully saturated rings. The number of hydrogen-bond acceptors (Lipinski definition) is 8. The summed E-state index contributed by atoms with van der Waals surface area (Å²) < 4.78 is 31.4. The molecular formula is C20H24N2O8. The molecule has 10 nitrogen and oxygen atoms in total. The average Bonchev–Trinajstić information content (AvgIpc) is 2.78. The predicted molar refractivity (Wildman–Crippen MR) is 109 cm³/mol. The van der Waals surface area contributed by atoms with Crippen LogP contribution in [0.3, 0.4) is 0 Å². The Morgan fingerprint density at radius 3 is 1.00 bits per heavy atom. The van der Waals surface area contributed by atoms with Gasteiger partial charge in [0.1, 0.15) is 45.9 Å². The standard InChI is InChI=1S/C20H24N2O8/c1-25-11-7-13(27-3)17(14(8-11)28-4)21-19(23)20(24)22-18-15(29-5)9-12(26-2)10-16(18)30-6/h7-10H,1-6H3,(H,21,23)(H,22,24). The lowest BCUT2D eigenvalue weighted by Crippen LogP contribution is -2.29. The third-order valence-electron chi connectivity index (χ3n) is 4.11. The van der Waals surface area contributed by atoms with Crippen LogP contribution in [-0.2, 0) is 9.59 Å². The minimum Gasteiger partial charge on any atom is -0.496 e. The summed E-state index contributed by atoms with van der Waals surface area (Å²) in [5.41, 5.74) is 0.351. The number of amides is 2. The van der Waals surface area contributed by atoms with E-state index in [4.69, 9.17) is 28.4 Å². The second kappa shape index (κ2) is 10.1. The molecule has 0 saturated carbocycles. The maximum atomic E-state index is 12.6. The number of benzene rings is 2. The van der Waals surface area contributed by atoms with E-state index < -0.39 is 11.8 Å². The molecule has 0 aliphatic heterocycles. The van der Waals surface area contributed by atoms with Gasteiger partial charge >= 0.3 is 11.8 Å². The summed E-state index contributed by atoms with van der Waals surface area (Å²) >= 11 is 0. The van der Waals surface area contributed by atoms with E-state index in [-0.39, 0.29) is 34.4 Å². The highest BCUT2D eigenvalue weighted by Gasteiger charge is 2.23. The molecule has 30 heavy (non-hydrogen) atoms. The Labute approximate surface area is 174 Å². The van der Waals surface area contributed by atoms with E-state index in [9.17, 15) is 9.59 Å². The second-order valence-electron chi connectivity index (χ2n) is 5.72. The fourth-order valence-electron chi connectivity index (χ4n) is 2.60. The van der Waals surface area contributed by atoms with Crippen LogP contribution in [-0.4, -0.2) is 54.5 Å². The van der Waals surface area contributed by atoms with Crippen molar-refractivity contribution in [1.29, 1.82) is 0 Å². The van der Waals surface area contributed by atoms with Gasteiger partial charge in [-0.2, -0.15) is 0 Å². The van der Waals surface area contributed by atoms with E-state index in [1.807, 2.05) is 0 Å². The molecule has 0 radical (unpaired) electrons. The lowest BCUT2D eigenvalue weighted by molar-refractivity contribution is -0.133. The van der Waals surface area contributed by atoms with Crippen molar-refractivity contribution in [3.63, 3.8) is 0 Å². The van der Waals surface area contributed by atoms with E-state index in [1.54, 1.807) is 24.3 Å². The lowest BCUT2D eigenvalue weighted by atomic mass is 10.2. The van der Waals surface area contributed by atoms with Crippen molar-refractivity contribution < 1.29 is 38.0 Å².